The van der Waals surface area contributed by atoms with E-state index >= 15 is 0 Å². The number of hydrogen-bond donors (Lipinski definition) is 5. The second-order valence-electron chi connectivity index (χ2n) is 4.38. The van der Waals surface area contributed by atoms with Gasteiger partial charge in [0.25, 0.3) is 5.91 Å². The Morgan fingerprint density at radius 2 is 2.04 bits per heavy atom. The van der Waals surface area contributed by atoms with Gasteiger partial charge in [0.2, 0.25) is 0 Å². The molecular formula is C14H12N6O3. The van der Waals surface area contributed by atoms with E-state index in [0.717, 1.165) is 6.07 Å². The SMILES string of the molecule is N#C/C(C(=O)Nc1cnccn1)=C(/N)c1cc(N)c(O)c(O)c1. The van der Waals surface area contributed by atoms with Gasteiger partial charge >= 0.3 is 0 Å². The molecule has 116 valence electrons. The number of phenolic OH excluding ortho intramolecular Hbond substituents is 2. The molecule has 2 aromatic rings. The molecule has 0 spiro atoms. The van der Waals surface area contributed by atoms with Crippen LogP contribution in [-0.2, 0) is 4.79 Å². The topological polar surface area (TPSA) is 171 Å². The summed E-state index contributed by atoms with van der Waals surface area (Å²) in [5.41, 5.74) is 10.7. The molecule has 1 heterocycles. The maximum absolute atomic E-state index is 12.1. The molecule has 0 bridgehead atoms. The summed E-state index contributed by atoms with van der Waals surface area (Å²) in [6, 6.07) is 4.01. The number of amides is 1. The fraction of sp³-hybridized carbons (Fsp3) is 0. The first-order chi connectivity index (χ1) is 10.9. The summed E-state index contributed by atoms with van der Waals surface area (Å²) < 4.78 is 0. The van der Waals surface area contributed by atoms with E-state index in [1.807, 2.05) is 0 Å². The van der Waals surface area contributed by atoms with Crippen LogP contribution in [0.2, 0.25) is 0 Å². The van der Waals surface area contributed by atoms with E-state index in [4.69, 9.17) is 11.5 Å². The lowest BCUT2D eigenvalue weighted by molar-refractivity contribution is -0.112. The van der Waals surface area contributed by atoms with Crippen LogP contribution >= 0.6 is 0 Å². The van der Waals surface area contributed by atoms with E-state index in [1.165, 1.54) is 24.7 Å². The predicted octanol–water partition coefficient (Wildman–Crippen LogP) is 0.302. The second-order valence-corrected chi connectivity index (χ2v) is 4.38. The van der Waals surface area contributed by atoms with Gasteiger partial charge in [-0.05, 0) is 12.1 Å². The molecule has 0 fully saturated rings. The summed E-state index contributed by atoms with van der Waals surface area (Å²) in [4.78, 5) is 19.7. The third-order valence-corrected chi connectivity index (χ3v) is 2.84. The first-order valence-corrected chi connectivity index (χ1v) is 6.23. The highest BCUT2D eigenvalue weighted by Gasteiger charge is 2.17. The van der Waals surface area contributed by atoms with Crippen LogP contribution < -0.4 is 16.8 Å². The number of anilines is 2. The standard InChI is InChI=1S/C14H12N6O3/c15-5-8(14(23)20-11-6-18-1-2-19-11)12(17)7-3-9(16)13(22)10(21)4-7/h1-4,6,21-22H,16-17H2,(H,19,20,23)/b12-8-. The number of phenols is 2. The molecule has 0 aliphatic rings. The van der Waals surface area contributed by atoms with Gasteiger partial charge in [-0.2, -0.15) is 5.26 Å². The van der Waals surface area contributed by atoms with E-state index in [2.05, 4.69) is 15.3 Å². The quantitative estimate of drug-likeness (QED) is 0.233. The number of carbonyl (C=O) groups is 1. The number of hydrogen-bond acceptors (Lipinski definition) is 8. The maximum Gasteiger partial charge on any atom is 0.269 e. The normalized spacial score (nSPS) is 11.3. The number of nitrogens with one attached hydrogen (secondary N) is 1. The smallest absolute Gasteiger partial charge is 0.269 e. The van der Waals surface area contributed by atoms with Crippen LogP contribution in [-0.4, -0.2) is 26.1 Å². The number of aromatic hydroxyl groups is 2. The van der Waals surface area contributed by atoms with E-state index in [1.54, 1.807) is 6.07 Å². The summed E-state index contributed by atoms with van der Waals surface area (Å²) in [5.74, 6) is -1.68. The number of nitriles is 1. The molecule has 0 atom stereocenters. The van der Waals surface area contributed by atoms with Gasteiger partial charge in [-0.15, -0.1) is 0 Å². The average Bonchev–Trinajstić information content (AvgIpc) is 2.53. The van der Waals surface area contributed by atoms with Gasteiger partial charge < -0.3 is 27.0 Å². The van der Waals surface area contributed by atoms with Gasteiger partial charge in [-0.3, -0.25) is 9.78 Å². The first-order valence-electron chi connectivity index (χ1n) is 6.23. The van der Waals surface area contributed by atoms with E-state index in [-0.39, 0.29) is 22.8 Å². The third-order valence-electron chi connectivity index (χ3n) is 2.84. The van der Waals surface area contributed by atoms with Crippen molar-refractivity contribution < 1.29 is 15.0 Å². The molecule has 7 N–H and O–H groups in total. The molecule has 1 aromatic heterocycles. The first kappa shape index (κ1) is 15.6. The lowest BCUT2D eigenvalue weighted by atomic mass is 10.1. The van der Waals surface area contributed by atoms with Crippen molar-refractivity contribution in [1.82, 2.24) is 9.97 Å². The Hall–Kier alpha value is -3.80. The van der Waals surface area contributed by atoms with Gasteiger partial charge in [0, 0.05) is 18.0 Å². The fourth-order valence-electron chi connectivity index (χ4n) is 1.72. The summed E-state index contributed by atoms with van der Waals surface area (Å²) in [6.45, 7) is 0. The van der Waals surface area contributed by atoms with Crippen molar-refractivity contribution in [3.63, 3.8) is 0 Å². The molecule has 23 heavy (non-hydrogen) atoms. The summed E-state index contributed by atoms with van der Waals surface area (Å²) in [6.07, 6.45) is 4.09. The van der Waals surface area contributed by atoms with Crippen molar-refractivity contribution >= 4 is 23.1 Å². The minimum Gasteiger partial charge on any atom is -0.504 e. The molecule has 0 saturated heterocycles. The molecule has 0 saturated carbocycles. The number of carbonyl (C=O) groups excluding carboxylic acids is 1. The number of nitrogens with zero attached hydrogens (tertiary/aromatic N) is 3. The Balaban J connectivity index is 2.40. The largest absolute Gasteiger partial charge is 0.504 e. The van der Waals surface area contributed by atoms with Crippen LogP contribution in [0.3, 0.4) is 0 Å². The summed E-state index contributed by atoms with van der Waals surface area (Å²) >= 11 is 0. The second kappa shape index (κ2) is 6.31. The molecule has 0 radical (unpaired) electrons. The lowest BCUT2D eigenvalue weighted by Crippen LogP contribution is -2.18. The predicted molar refractivity (Wildman–Crippen MR) is 81.6 cm³/mol. The minimum absolute atomic E-state index is 0.114. The molecule has 0 aliphatic heterocycles. The Kier molecular flexibility index (Phi) is 4.28. The van der Waals surface area contributed by atoms with Gasteiger partial charge in [0.1, 0.15) is 11.6 Å². The molecule has 1 amide bonds. The molecule has 2 rings (SSSR count). The van der Waals surface area contributed by atoms with Crippen molar-refractivity contribution in [2.45, 2.75) is 0 Å². The Morgan fingerprint density at radius 3 is 2.61 bits per heavy atom. The highest BCUT2D eigenvalue weighted by atomic mass is 16.3. The Labute approximate surface area is 130 Å². The van der Waals surface area contributed by atoms with Crippen LogP contribution in [0.1, 0.15) is 5.56 Å². The van der Waals surface area contributed by atoms with Gasteiger partial charge in [-0.25, -0.2) is 4.98 Å². The zero-order chi connectivity index (χ0) is 17.0. The van der Waals surface area contributed by atoms with E-state index in [9.17, 15) is 20.3 Å². The third kappa shape index (κ3) is 3.27. The van der Waals surface area contributed by atoms with Crippen LogP contribution in [0.5, 0.6) is 11.5 Å². The van der Waals surface area contributed by atoms with Crippen LogP contribution in [0.25, 0.3) is 5.70 Å². The highest BCUT2D eigenvalue weighted by Crippen LogP contribution is 2.34. The van der Waals surface area contributed by atoms with Crippen LogP contribution in [0, 0.1) is 11.3 Å². The monoisotopic (exact) mass is 312 g/mol. The summed E-state index contributed by atoms with van der Waals surface area (Å²) in [5, 5.41) is 30.5. The minimum atomic E-state index is -0.795. The van der Waals surface area contributed by atoms with E-state index in [0.29, 0.717) is 0 Å². The average molecular weight is 312 g/mol. The number of benzene rings is 1. The fourth-order valence-corrected chi connectivity index (χ4v) is 1.72. The van der Waals surface area contributed by atoms with Crippen molar-refractivity contribution in [3.05, 3.63) is 41.9 Å². The Bertz CT molecular complexity index is 803. The Morgan fingerprint density at radius 1 is 1.30 bits per heavy atom. The van der Waals surface area contributed by atoms with E-state index < -0.39 is 23.0 Å². The zero-order valence-electron chi connectivity index (χ0n) is 11.7. The molecule has 0 aliphatic carbocycles. The number of nitrogen functional groups attached to an aromatic ring is 1. The molecule has 9 nitrogen and oxygen atoms in total. The molecular weight excluding hydrogens is 300 g/mol. The van der Waals surface area contributed by atoms with Crippen LogP contribution in [0.4, 0.5) is 11.5 Å². The summed E-state index contributed by atoms with van der Waals surface area (Å²) in [7, 11) is 0. The zero-order valence-corrected chi connectivity index (χ0v) is 11.7. The molecule has 9 heteroatoms. The number of nitrogens with two attached hydrogens (primary N) is 2. The van der Waals surface area contributed by atoms with Crippen LogP contribution in [0.15, 0.2) is 36.3 Å². The maximum atomic E-state index is 12.1. The van der Waals surface area contributed by atoms with Gasteiger partial charge in [0.05, 0.1) is 17.6 Å². The molecule has 0 unspecified atom stereocenters. The molecule has 1 aromatic carbocycles. The number of aromatic nitrogens is 2. The van der Waals surface area contributed by atoms with Crippen molar-refractivity contribution in [1.29, 1.82) is 5.26 Å². The van der Waals surface area contributed by atoms with Gasteiger partial charge in [-0.1, -0.05) is 0 Å². The van der Waals surface area contributed by atoms with Crippen molar-refractivity contribution in [3.8, 4) is 17.6 Å². The highest BCUT2D eigenvalue weighted by molar-refractivity contribution is 6.11. The van der Waals surface area contributed by atoms with Crippen molar-refractivity contribution in [2.75, 3.05) is 11.1 Å². The lowest BCUT2D eigenvalue weighted by Gasteiger charge is -2.09. The van der Waals surface area contributed by atoms with Crippen molar-refractivity contribution in [2.24, 2.45) is 5.73 Å². The number of rotatable bonds is 3. The van der Waals surface area contributed by atoms with Gasteiger partial charge in [0.15, 0.2) is 17.3 Å².